The minimum absolute atomic E-state index is 0.00739. The van der Waals surface area contributed by atoms with Crippen molar-refractivity contribution < 1.29 is 46.8 Å². The minimum Gasteiger partial charge on any atom is -0.454 e. The van der Waals surface area contributed by atoms with Crippen LogP contribution in [0.3, 0.4) is 0 Å². The van der Waals surface area contributed by atoms with Gasteiger partial charge in [0.1, 0.15) is 6.10 Å². The molecule has 0 aromatic heterocycles. The van der Waals surface area contributed by atoms with Gasteiger partial charge in [0.05, 0.1) is 36.2 Å². The van der Waals surface area contributed by atoms with Gasteiger partial charge in [0.15, 0.2) is 17.8 Å². The molecule has 5 atom stereocenters. The van der Waals surface area contributed by atoms with E-state index in [0.29, 0.717) is 56.9 Å². The van der Waals surface area contributed by atoms with Gasteiger partial charge in [-0.15, -0.1) is 0 Å². The standard InChI is InChI=1S/C40H52N4O10S/c1-40(2,18-9-10-19-41-38(46)42-23-29-13-7-4-8-14-29)26-44(55(48,49)30-15-16-34-35(22-30)53-27-52-34)24-33(45)32(21-28-11-5-3-6-12-28)43-39(47)54-36-25-51-37-31(36)17-20-50-37/h3-8,11-16,22,31-33,36-37,45H,9-10,17-21,23-27H2,1-2H3,(H,43,47)(H2,41,42,46)/t31-,32-,33+,36-,37+/m0/s1. The monoisotopic (exact) mass is 780 g/mol. The molecule has 3 aromatic rings. The lowest BCUT2D eigenvalue weighted by molar-refractivity contribution is -0.0907. The summed E-state index contributed by atoms with van der Waals surface area (Å²) >= 11 is 0. The van der Waals surface area contributed by atoms with E-state index in [2.05, 4.69) is 16.0 Å². The number of aliphatic hydroxyl groups excluding tert-OH is 1. The number of hydrogen-bond acceptors (Lipinski definition) is 10. The Bertz CT molecular complexity index is 1830. The zero-order valence-electron chi connectivity index (χ0n) is 31.4. The molecule has 0 bridgehead atoms. The highest BCUT2D eigenvalue weighted by Crippen LogP contribution is 2.36. The Hall–Kier alpha value is -4.41. The minimum atomic E-state index is -4.19. The van der Waals surface area contributed by atoms with Crippen molar-refractivity contribution in [2.24, 2.45) is 11.3 Å². The van der Waals surface area contributed by atoms with Crippen molar-refractivity contribution in [2.75, 3.05) is 39.6 Å². The Morgan fingerprint density at radius 3 is 2.44 bits per heavy atom. The fourth-order valence-electron chi connectivity index (χ4n) is 7.12. The molecule has 3 aromatic carbocycles. The van der Waals surface area contributed by atoms with Crippen molar-refractivity contribution in [3.05, 3.63) is 90.0 Å². The van der Waals surface area contributed by atoms with E-state index in [1.807, 2.05) is 74.5 Å². The first-order chi connectivity index (χ1) is 26.5. The third-order valence-corrected chi connectivity index (χ3v) is 12.0. The molecule has 3 amide bonds. The van der Waals surface area contributed by atoms with Gasteiger partial charge in [0.25, 0.3) is 0 Å². The molecule has 6 rings (SSSR count). The highest BCUT2D eigenvalue weighted by molar-refractivity contribution is 7.89. The predicted molar refractivity (Wildman–Crippen MR) is 203 cm³/mol. The van der Waals surface area contributed by atoms with Crippen molar-refractivity contribution >= 4 is 22.1 Å². The number of carbonyl (C=O) groups excluding carboxylic acids is 2. The average molecular weight is 781 g/mol. The lowest BCUT2D eigenvalue weighted by Crippen LogP contribution is -2.52. The van der Waals surface area contributed by atoms with Crippen molar-refractivity contribution in [3.8, 4) is 11.5 Å². The number of fused-ring (bicyclic) bond motifs is 2. The fourth-order valence-corrected chi connectivity index (χ4v) is 8.78. The zero-order chi connectivity index (χ0) is 38.8. The van der Waals surface area contributed by atoms with Crippen LogP contribution in [0.15, 0.2) is 83.8 Å². The first-order valence-electron chi connectivity index (χ1n) is 18.8. The van der Waals surface area contributed by atoms with E-state index in [4.69, 9.17) is 23.7 Å². The topological polar surface area (TPSA) is 174 Å². The number of carbonyl (C=O) groups is 2. The number of hydrogen-bond donors (Lipinski definition) is 4. The number of aliphatic hydroxyl groups is 1. The number of unbranched alkanes of at least 4 members (excludes halogenated alkanes) is 1. The summed E-state index contributed by atoms with van der Waals surface area (Å²) in [7, 11) is -4.19. The molecule has 0 spiro atoms. The number of sulfonamides is 1. The van der Waals surface area contributed by atoms with Crippen molar-refractivity contribution in [2.45, 2.75) is 81.9 Å². The predicted octanol–water partition coefficient (Wildman–Crippen LogP) is 4.56. The Labute approximate surface area is 322 Å². The molecular weight excluding hydrogens is 729 g/mol. The molecular formula is C40H52N4O10S. The summed E-state index contributed by atoms with van der Waals surface area (Å²) in [6, 6.07) is 22.3. The summed E-state index contributed by atoms with van der Waals surface area (Å²) in [5, 5.41) is 20.4. The van der Waals surface area contributed by atoms with Gasteiger partial charge < -0.3 is 44.7 Å². The van der Waals surface area contributed by atoms with Crippen LogP contribution in [0.4, 0.5) is 9.59 Å². The van der Waals surface area contributed by atoms with Gasteiger partial charge in [-0.05, 0) is 54.4 Å². The molecule has 0 saturated carbocycles. The number of benzene rings is 3. The molecule has 3 heterocycles. The van der Waals surface area contributed by atoms with Crippen LogP contribution < -0.4 is 25.4 Å². The zero-order valence-corrected chi connectivity index (χ0v) is 32.2. The maximum absolute atomic E-state index is 14.4. The van der Waals surface area contributed by atoms with Crippen molar-refractivity contribution in [1.29, 1.82) is 0 Å². The van der Waals surface area contributed by atoms with Gasteiger partial charge in [-0.25, -0.2) is 18.0 Å². The second-order valence-corrected chi connectivity index (χ2v) is 16.9. The normalized spacial score (nSPS) is 20.1. The largest absolute Gasteiger partial charge is 0.454 e. The van der Waals surface area contributed by atoms with Crippen LogP contribution in [0.25, 0.3) is 0 Å². The number of amides is 3. The molecule has 0 radical (unpaired) electrons. The lowest BCUT2D eigenvalue weighted by Gasteiger charge is -2.35. The van der Waals surface area contributed by atoms with Gasteiger partial charge in [-0.1, -0.05) is 80.9 Å². The van der Waals surface area contributed by atoms with E-state index in [1.165, 1.54) is 16.4 Å². The Kier molecular flexibility index (Phi) is 13.5. The molecule has 2 fully saturated rings. The molecule has 0 unspecified atom stereocenters. The van der Waals surface area contributed by atoms with E-state index < -0.39 is 46.1 Å². The summed E-state index contributed by atoms with van der Waals surface area (Å²) in [6.07, 6.45) is 0.0208. The third kappa shape index (κ3) is 11.1. The first kappa shape index (κ1) is 40.3. The highest BCUT2D eigenvalue weighted by atomic mass is 32.2. The van der Waals surface area contributed by atoms with Crippen LogP contribution in [0.5, 0.6) is 11.5 Å². The smallest absolute Gasteiger partial charge is 0.407 e. The average Bonchev–Trinajstić information content (AvgIpc) is 3.93. The Balaban J connectivity index is 1.12. The van der Waals surface area contributed by atoms with Crippen LogP contribution in [-0.2, 0) is 37.2 Å². The highest BCUT2D eigenvalue weighted by Gasteiger charge is 2.44. The van der Waals surface area contributed by atoms with E-state index in [0.717, 1.165) is 11.1 Å². The Morgan fingerprint density at radius 1 is 0.945 bits per heavy atom. The van der Waals surface area contributed by atoms with Crippen LogP contribution >= 0.6 is 0 Å². The third-order valence-electron chi connectivity index (χ3n) is 10.1. The molecule has 3 aliphatic heterocycles. The molecule has 14 nitrogen and oxygen atoms in total. The second kappa shape index (κ2) is 18.5. The lowest BCUT2D eigenvalue weighted by atomic mass is 9.87. The summed E-state index contributed by atoms with van der Waals surface area (Å²) in [4.78, 5) is 25.6. The number of ether oxygens (including phenoxy) is 5. The molecule has 2 saturated heterocycles. The number of urea groups is 1. The van der Waals surface area contributed by atoms with Gasteiger partial charge in [-0.3, -0.25) is 0 Å². The van der Waals surface area contributed by atoms with E-state index in [1.54, 1.807) is 6.07 Å². The maximum atomic E-state index is 14.4. The molecule has 15 heteroatoms. The molecule has 0 aliphatic carbocycles. The maximum Gasteiger partial charge on any atom is 0.407 e. The molecule has 298 valence electrons. The first-order valence-corrected chi connectivity index (χ1v) is 20.3. The molecule has 4 N–H and O–H groups in total. The number of nitrogens with one attached hydrogen (secondary N) is 3. The van der Waals surface area contributed by atoms with E-state index in [-0.39, 0.29) is 49.8 Å². The van der Waals surface area contributed by atoms with Crippen molar-refractivity contribution in [1.82, 2.24) is 20.3 Å². The van der Waals surface area contributed by atoms with Crippen LogP contribution in [-0.4, -0.2) is 94.1 Å². The molecule has 55 heavy (non-hydrogen) atoms. The summed E-state index contributed by atoms with van der Waals surface area (Å²) in [5.74, 6) is 0.695. The summed E-state index contributed by atoms with van der Waals surface area (Å²) in [6.45, 7) is 5.31. The summed E-state index contributed by atoms with van der Waals surface area (Å²) in [5.41, 5.74) is 1.30. The Morgan fingerprint density at radius 2 is 1.67 bits per heavy atom. The van der Waals surface area contributed by atoms with Gasteiger partial charge >= 0.3 is 12.1 Å². The van der Waals surface area contributed by atoms with E-state index >= 15 is 0 Å². The second-order valence-electron chi connectivity index (χ2n) is 15.0. The SMILES string of the molecule is CC(C)(CCCCNC(=O)NCc1ccccc1)CN(C[C@@H](O)[C@H](Cc1ccccc1)NC(=O)O[C@H]1CO[C@H]2OCC[C@H]21)S(=O)(=O)c1ccc2c(c1)OCO2. The number of rotatable bonds is 18. The van der Waals surface area contributed by atoms with Crippen LogP contribution in [0.1, 0.15) is 50.7 Å². The number of alkyl carbamates (subject to hydrolysis) is 1. The van der Waals surface area contributed by atoms with Crippen LogP contribution in [0.2, 0.25) is 0 Å². The molecule has 3 aliphatic rings. The van der Waals surface area contributed by atoms with Crippen molar-refractivity contribution in [3.63, 3.8) is 0 Å². The fraction of sp³-hybridized carbons (Fsp3) is 0.500. The van der Waals surface area contributed by atoms with Gasteiger partial charge in [0, 0.05) is 32.2 Å². The van der Waals surface area contributed by atoms with Crippen LogP contribution in [0, 0.1) is 11.3 Å². The number of nitrogens with zero attached hydrogens (tertiary/aromatic N) is 1. The van der Waals surface area contributed by atoms with Gasteiger partial charge in [0.2, 0.25) is 16.8 Å². The quantitative estimate of drug-likeness (QED) is 0.134. The van der Waals surface area contributed by atoms with Gasteiger partial charge in [-0.2, -0.15) is 4.31 Å². The summed E-state index contributed by atoms with van der Waals surface area (Å²) < 4.78 is 58.0. The van der Waals surface area contributed by atoms with E-state index in [9.17, 15) is 23.1 Å².